The molecular formula is C16H30N2O2. The van der Waals surface area contributed by atoms with Gasteiger partial charge in [-0.25, -0.2) is 0 Å². The number of nitrogens with one attached hydrogen (secondary N) is 1. The Balaban J connectivity index is 3.08. The molecule has 2 unspecified atom stereocenters. The summed E-state index contributed by atoms with van der Waals surface area (Å²) >= 11 is 0. The van der Waals surface area contributed by atoms with Crippen molar-refractivity contribution in [1.82, 2.24) is 10.2 Å². The highest BCUT2D eigenvalue weighted by atomic mass is 16.2. The number of nitrogens with zero attached hydrogens (tertiary/aromatic N) is 1. The summed E-state index contributed by atoms with van der Waals surface area (Å²) in [6, 6.07) is -0.378. The highest BCUT2D eigenvalue weighted by molar-refractivity contribution is 5.99. The molecule has 1 aliphatic rings. The molecule has 0 radical (unpaired) electrons. The first-order valence-corrected chi connectivity index (χ1v) is 7.94. The first-order chi connectivity index (χ1) is 9.31. The monoisotopic (exact) mass is 282 g/mol. The van der Waals surface area contributed by atoms with Crippen LogP contribution in [0.15, 0.2) is 0 Å². The van der Waals surface area contributed by atoms with Gasteiger partial charge in [0, 0.05) is 6.54 Å². The molecule has 1 fully saturated rings. The van der Waals surface area contributed by atoms with Crippen molar-refractivity contribution in [1.29, 1.82) is 0 Å². The lowest BCUT2D eigenvalue weighted by Gasteiger charge is -2.48. The summed E-state index contributed by atoms with van der Waals surface area (Å²) in [5.74, 6) is 0.653. The summed E-state index contributed by atoms with van der Waals surface area (Å²) in [5.41, 5.74) is -0.703. The largest absolute Gasteiger partial charge is 0.342 e. The molecular weight excluding hydrogens is 252 g/mol. The van der Waals surface area contributed by atoms with E-state index in [9.17, 15) is 9.59 Å². The number of amides is 2. The Kier molecular flexibility index (Phi) is 5.60. The summed E-state index contributed by atoms with van der Waals surface area (Å²) < 4.78 is 0. The maximum Gasteiger partial charge on any atom is 0.246 e. The molecule has 0 spiro atoms. The van der Waals surface area contributed by atoms with Crippen molar-refractivity contribution in [2.75, 3.05) is 6.54 Å². The summed E-state index contributed by atoms with van der Waals surface area (Å²) in [5, 5.41) is 2.92. The minimum atomic E-state index is -0.703. The van der Waals surface area contributed by atoms with Gasteiger partial charge in [0.1, 0.15) is 11.6 Å². The van der Waals surface area contributed by atoms with Crippen molar-refractivity contribution >= 4 is 11.8 Å². The topological polar surface area (TPSA) is 49.4 Å². The molecule has 1 saturated heterocycles. The van der Waals surface area contributed by atoms with Crippen molar-refractivity contribution in [2.24, 2.45) is 11.8 Å². The lowest BCUT2D eigenvalue weighted by Crippen LogP contribution is -2.70. The van der Waals surface area contributed by atoms with E-state index in [0.717, 1.165) is 12.8 Å². The van der Waals surface area contributed by atoms with Gasteiger partial charge in [-0.1, -0.05) is 47.5 Å². The number of hydrogen-bond donors (Lipinski definition) is 1. The highest BCUT2D eigenvalue weighted by Crippen LogP contribution is 2.29. The fraction of sp³-hybridized carbons (Fsp3) is 0.875. The second kappa shape index (κ2) is 6.59. The Labute approximate surface area is 123 Å². The molecule has 0 aromatic rings. The van der Waals surface area contributed by atoms with Crippen molar-refractivity contribution in [2.45, 2.75) is 72.4 Å². The van der Waals surface area contributed by atoms with Gasteiger partial charge in [-0.3, -0.25) is 9.59 Å². The SMILES string of the molecule is CCC(CC)CN1C(=O)C(C(C)C)NC(=O)C1(C)CC. The third-order valence-corrected chi connectivity index (χ3v) is 4.85. The van der Waals surface area contributed by atoms with Crippen LogP contribution >= 0.6 is 0 Å². The van der Waals surface area contributed by atoms with Crippen LogP contribution in [-0.2, 0) is 9.59 Å². The van der Waals surface area contributed by atoms with E-state index < -0.39 is 5.54 Å². The second-order valence-corrected chi connectivity index (χ2v) is 6.45. The molecule has 1 aliphatic heterocycles. The molecule has 2 atom stereocenters. The lowest BCUT2D eigenvalue weighted by atomic mass is 9.86. The predicted molar refractivity (Wildman–Crippen MR) is 81.2 cm³/mol. The molecule has 0 aromatic carbocycles. The summed E-state index contributed by atoms with van der Waals surface area (Å²) in [7, 11) is 0. The van der Waals surface area contributed by atoms with Gasteiger partial charge in [-0.05, 0) is 25.2 Å². The van der Waals surface area contributed by atoms with Gasteiger partial charge >= 0.3 is 0 Å². The molecule has 0 aromatic heterocycles. The smallest absolute Gasteiger partial charge is 0.246 e. The van der Waals surface area contributed by atoms with E-state index in [0.29, 0.717) is 18.9 Å². The van der Waals surface area contributed by atoms with Crippen LogP contribution in [0.3, 0.4) is 0 Å². The van der Waals surface area contributed by atoms with Crippen molar-refractivity contribution in [3.05, 3.63) is 0 Å². The van der Waals surface area contributed by atoms with Crippen LogP contribution < -0.4 is 5.32 Å². The molecule has 2 amide bonds. The molecule has 116 valence electrons. The van der Waals surface area contributed by atoms with Gasteiger partial charge in [0.15, 0.2) is 0 Å². The zero-order chi connectivity index (χ0) is 15.5. The van der Waals surface area contributed by atoms with Crippen LogP contribution in [0.5, 0.6) is 0 Å². The number of carbonyl (C=O) groups excluding carboxylic acids is 2. The van der Waals surface area contributed by atoms with Gasteiger partial charge in [0.2, 0.25) is 11.8 Å². The Morgan fingerprint density at radius 2 is 1.75 bits per heavy atom. The van der Waals surface area contributed by atoms with Crippen molar-refractivity contribution in [3.8, 4) is 0 Å². The lowest BCUT2D eigenvalue weighted by molar-refractivity contribution is -0.159. The van der Waals surface area contributed by atoms with Crippen LogP contribution in [-0.4, -0.2) is 34.8 Å². The van der Waals surface area contributed by atoms with Gasteiger partial charge < -0.3 is 10.2 Å². The zero-order valence-corrected chi connectivity index (χ0v) is 13.8. The number of hydrogen-bond acceptors (Lipinski definition) is 2. The summed E-state index contributed by atoms with van der Waals surface area (Å²) in [6.07, 6.45) is 2.72. The van der Waals surface area contributed by atoms with Crippen LogP contribution in [0.1, 0.15) is 60.8 Å². The Bertz CT molecular complexity index is 363. The average molecular weight is 282 g/mol. The van der Waals surface area contributed by atoms with Gasteiger partial charge in [-0.15, -0.1) is 0 Å². The standard InChI is InChI=1S/C16H30N2O2/c1-7-12(8-2)10-18-14(19)13(11(4)5)17-15(20)16(18,6)9-3/h11-13H,7-10H2,1-6H3,(H,17,20). The summed E-state index contributed by atoms with van der Waals surface area (Å²) in [6.45, 7) is 12.8. The quantitative estimate of drug-likeness (QED) is 0.814. The van der Waals surface area contributed by atoms with E-state index in [1.807, 2.05) is 32.6 Å². The average Bonchev–Trinajstić information content (AvgIpc) is 2.42. The van der Waals surface area contributed by atoms with Gasteiger partial charge in [0.25, 0.3) is 0 Å². The first-order valence-electron chi connectivity index (χ1n) is 7.94. The van der Waals surface area contributed by atoms with Crippen LogP contribution in [0.4, 0.5) is 0 Å². The van der Waals surface area contributed by atoms with Crippen LogP contribution in [0.2, 0.25) is 0 Å². The van der Waals surface area contributed by atoms with Gasteiger partial charge in [0.05, 0.1) is 0 Å². The zero-order valence-electron chi connectivity index (χ0n) is 13.8. The molecule has 1 heterocycles. The maximum atomic E-state index is 12.8. The van der Waals surface area contributed by atoms with E-state index in [4.69, 9.17) is 0 Å². The van der Waals surface area contributed by atoms with Crippen molar-refractivity contribution in [3.63, 3.8) is 0 Å². The number of rotatable bonds is 6. The molecule has 0 saturated carbocycles. The van der Waals surface area contributed by atoms with E-state index >= 15 is 0 Å². The van der Waals surface area contributed by atoms with E-state index in [1.54, 1.807) is 0 Å². The van der Waals surface area contributed by atoms with E-state index in [2.05, 4.69) is 19.2 Å². The number of piperazine rings is 1. The third-order valence-electron chi connectivity index (χ3n) is 4.85. The normalized spacial score (nSPS) is 27.4. The molecule has 4 nitrogen and oxygen atoms in total. The Morgan fingerprint density at radius 3 is 2.15 bits per heavy atom. The molecule has 1 rings (SSSR count). The molecule has 0 aliphatic carbocycles. The van der Waals surface area contributed by atoms with Gasteiger partial charge in [-0.2, -0.15) is 0 Å². The Morgan fingerprint density at radius 1 is 1.20 bits per heavy atom. The minimum Gasteiger partial charge on any atom is -0.342 e. The molecule has 4 heteroatoms. The molecule has 0 bridgehead atoms. The first kappa shape index (κ1) is 17.0. The fourth-order valence-corrected chi connectivity index (χ4v) is 2.79. The van der Waals surface area contributed by atoms with Crippen LogP contribution in [0.25, 0.3) is 0 Å². The third kappa shape index (κ3) is 2.99. The summed E-state index contributed by atoms with van der Waals surface area (Å²) in [4.78, 5) is 27.1. The highest BCUT2D eigenvalue weighted by Gasteiger charge is 2.49. The number of carbonyl (C=O) groups is 2. The maximum absolute atomic E-state index is 12.8. The Hall–Kier alpha value is -1.06. The molecule has 20 heavy (non-hydrogen) atoms. The fourth-order valence-electron chi connectivity index (χ4n) is 2.79. The second-order valence-electron chi connectivity index (χ2n) is 6.45. The molecule has 1 N–H and O–H groups in total. The minimum absolute atomic E-state index is 0.00995. The van der Waals surface area contributed by atoms with E-state index in [-0.39, 0.29) is 23.8 Å². The van der Waals surface area contributed by atoms with Crippen LogP contribution in [0, 0.1) is 11.8 Å². The predicted octanol–water partition coefficient (Wildman–Crippen LogP) is 2.57. The van der Waals surface area contributed by atoms with E-state index in [1.165, 1.54) is 0 Å². The van der Waals surface area contributed by atoms with Crippen molar-refractivity contribution < 1.29 is 9.59 Å².